The Hall–Kier alpha value is -0.570. The molecule has 2 nitrogen and oxygen atoms in total. The molecule has 0 aliphatic rings. The molecule has 14 heavy (non-hydrogen) atoms. The predicted octanol–water partition coefficient (Wildman–Crippen LogP) is 2.47. The van der Waals surface area contributed by atoms with Crippen molar-refractivity contribution >= 4 is 11.6 Å². The van der Waals surface area contributed by atoms with Crippen molar-refractivity contribution in [2.75, 3.05) is 0 Å². The van der Waals surface area contributed by atoms with E-state index < -0.39 is 0 Å². The summed E-state index contributed by atoms with van der Waals surface area (Å²) in [5, 5.41) is 0.727. The number of hydrogen-bond donors (Lipinski definition) is 2. The van der Waals surface area contributed by atoms with E-state index >= 15 is 0 Å². The predicted molar refractivity (Wildman–Crippen MR) is 61.3 cm³/mol. The van der Waals surface area contributed by atoms with Crippen molar-refractivity contribution in [3.05, 3.63) is 34.9 Å². The molecule has 0 aliphatic heterocycles. The molecule has 3 heteroatoms. The molecule has 4 N–H and O–H groups in total. The molecule has 0 aliphatic carbocycles. The molecule has 2 atom stereocenters. The van der Waals surface area contributed by atoms with Crippen LogP contribution in [0.25, 0.3) is 0 Å². The Balaban J connectivity index is 2.68. The van der Waals surface area contributed by atoms with Crippen molar-refractivity contribution in [3.8, 4) is 0 Å². The number of benzene rings is 1. The Bertz CT molecular complexity index is 271. The minimum absolute atomic E-state index is 0.0289. The summed E-state index contributed by atoms with van der Waals surface area (Å²) in [6.45, 7) is 2.11. The Morgan fingerprint density at radius 1 is 1.21 bits per heavy atom. The van der Waals surface area contributed by atoms with Crippen LogP contribution in [0.1, 0.15) is 31.4 Å². The molecule has 0 saturated carbocycles. The molecular weight excluding hydrogens is 196 g/mol. The molecular formula is C11H17ClN2. The smallest absolute Gasteiger partial charge is 0.0448 e. The highest BCUT2D eigenvalue weighted by atomic mass is 35.5. The summed E-state index contributed by atoms with van der Waals surface area (Å²) in [4.78, 5) is 0. The van der Waals surface area contributed by atoms with Crippen LogP contribution in [0.4, 0.5) is 0 Å². The Morgan fingerprint density at radius 2 is 1.79 bits per heavy atom. The lowest BCUT2D eigenvalue weighted by Crippen LogP contribution is -2.33. The quantitative estimate of drug-likeness (QED) is 0.806. The van der Waals surface area contributed by atoms with Crippen LogP contribution in [0.15, 0.2) is 24.3 Å². The summed E-state index contributed by atoms with van der Waals surface area (Å²) in [7, 11) is 0. The first-order valence-electron chi connectivity index (χ1n) is 4.91. The van der Waals surface area contributed by atoms with Crippen molar-refractivity contribution < 1.29 is 0 Å². The normalized spacial score (nSPS) is 15.1. The Labute approximate surface area is 90.2 Å². The molecule has 0 spiro atoms. The van der Waals surface area contributed by atoms with Gasteiger partial charge in [0.15, 0.2) is 0 Å². The molecule has 1 aromatic carbocycles. The van der Waals surface area contributed by atoms with Gasteiger partial charge in [-0.05, 0) is 24.1 Å². The third-order valence-corrected chi connectivity index (χ3v) is 2.59. The van der Waals surface area contributed by atoms with Gasteiger partial charge in [-0.2, -0.15) is 0 Å². The van der Waals surface area contributed by atoms with Gasteiger partial charge in [0.25, 0.3) is 0 Å². The third kappa shape index (κ3) is 2.98. The molecule has 1 rings (SSSR count). The maximum atomic E-state index is 6.01. The van der Waals surface area contributed by atoms with Gasteiger partial charge in [0, 0.05) is 17.1 Å². The molecule has 2 unspecified atom stereocenters. The average Bonchev–Trinajstić information content (AvgIpc) is 2.18. The second-order valence-corrected chi connectivity index (χ2v) is 3.97. The lowest BCUT2D eigenvalue weighted by molar-refractivity contribution is 0.506. The first kappa shape index (κ1) is 11.5. The number of hydrogen-bond acceptors (Lipinski definition) is 2. The van der Waals surface area contributed by atoms with Gasteiger partial charge in [-0.15, -0.1) is 0 Å². The SMILES string of the molecule is CCCC(N)C(N)c1ccc(Cl)cc1. The highest BCUT2D eigenvalue weighted by molar-refractivity contribution is 6.30. The summed E-state index contributed by atoms with van der Waals surface area (Å²) in [5.74, 6) is 0. The van der Waals surface area contributed by atoms with Crippen LogP contribution in [0, 0.1) is 0 Å². The van der Waals surface area contributed by atoms with Crippen molar-refractivity contribution in [3.63, 3.8) is 0 Å². The van der Waals surface area contributed by atoms with Crippen LogP contribution in [0.3, 0.4) is 0 Å². The summed E-state index contributed by atoms with van der Waals surface area (Å²) in [6, 6.07) is 7.49. The second kappa shape index (κ2) is 5.35. The van der Waals surface area contributed by atoms with Crippen LogP contribution in [0.5, 0.6) is 0 Å². The average molecular weight is 213 g/mol. The van der Waals surface area contributed by atoms with E-state index in [0.717, 1.165) is 23.4 Å². The van der Waals surface area contributed by atoms with Gasteiger partial charge in [-0.25, -0.2) is 0 Å². The van der Waals surface area contributed by atoms with Crippen molar-refractivity contribution in [2.24, 2.45) is 11.5 Å². The van der Waals surface area contributed by atoms with Crippen molar-refractivity contribution in [1.29, 1.82) is 0 Å². The monoisotopic (exact) mass is 212 g/mol. The van der Waals surface area contributed by atoms with E-state index in [1.165, 1.54) is 0 Å². The summed E-state index contributed by atoms with van der Waals surface area (Å²) >= 11 is 5.79. The standard InChI is InChI=1S/C11H17ClN2/c1-2-3-10(13)11(14)8-4-6-9(12)7-5-8/h4-7,10-11H,2-3,13-14H2,1H3. The Kier molecular flexibility index (Phi) is 4.39. The molecule has 0 radical (unpaired) electrons. The van der Waals surface area contributed by atoms with E-state index in [1.807, 2.05) is 24.3 Å². The topological polar surface area (TPSA) is 52.0 Å². The lowest BCUT2D eigenvalue weighted by atomic mass is 9.98. The van der Waals surface area contributed by atoms with E-state index in [9.17, 15) is 0 Å². The van der Waals surface area contributed by atoms with E-state index in [-0.39, 0.29) is 12.1 Å². The maximum Gasteiger partial charge on any atom is 0.0448 e. The fourth-order valence-electron chi connectivity index (χ4n) is 1.45. The summed E-state index contributed by atoms with van der Waals surface area (Å²) in [6.07, 6.45) is 2.01. The van der Waals surface area contributed by atoms with Crippen LogP contribution < -0.4 is 11.5 Å². The fourth-order valence-corrected chi connectivity index (χ4v) is 1.57. The van der Waals surface area contributed by atoms with Gasteiger partial charge in [0.05, 0.1) is 0 Å². The van der Waals surface area contributed by atoms with Crippen molar-refractivity contribution in [1.82, 2.24) is 0 Å². The molecule has 0 saturated heterocycles. The second-order valence-electron chi connectivity index (χ2n) is 3.53. The molecule has 1 aromatic rings. The summed E-state index contributed by atoms with van der Waals surface area (Å²) < 4.78 is 0. The highest BCUT2D eigenvalue weighted by Crippen LogP contribution is 2.18. The minimum Gasteiger partial charge on any atom is -0.326 e. The van der Waals surface area contributed by atoms with E-state index in [0.29, 0.717) is 0 Å². The zero-order valence-electron chi connectivity index (χ0n) is 8.41. The minimum atomic E-state index is -0.0905. The van der Waals surface area contributed by atoms with Crippen LogP contribution in [-0.4, -0.2) is 6.04 Å². The van der Waals surface area contributed by atoms with Gasteiger partial charge < -0.3 is 11.5 Å². The molecule has 0 heterocycles. The molecule has 0 bridgehead atoms. The van der Waals surface area contributed by atoms with E-state index in [1.54, 1.807) is 0 Å². The van der Waals surface area contributed by atoms with E-state index in [2.05, 4.69) is 6.92 Å². The van der Waals surface area contributed by atoms with E-state index in [4.69, 9.17) is 23.1 Å². The molecule has 0 fully saturated rings. The van der Waals surface area contributed by atoms with Gasteiger partial charge in [0.2, 0.25) is 0 Å². The van der Waals surface area contributed by atoms with Gasteiger partial charge >= 0.3 is 0 Å². The molecule has 78 valence electrons. The van der Waals surface area contributed by atoms with Crippen LogP contribution in [-0.2, 0) is 0 Å². The van der Waals surface area contributed by atoms with Gasteiger partial charge in [0.1, 0.15) is 0 Å². The first-order valence-corrected chi connectivity index (χ1v) is 5.29. The Morgan fingerprint density at radius 3 is 2.29 bits per heavy atom. The number of halogens is 1. The molecule has 0 aromatic heterocycles. The zero-order chi connectivity index (χ0) is 10.6. The zero-order valence-corrected chi connectivity index (χ0v) is 9.17. The van der Waals surface area contributed by atoms with Crippen LogP contribution >= 0.6 is 11.6 Å². The first-order chi connectivity index (χ1) is 6.65. The fraction of sp³-hybridized carbons (Fsp3) is 0.455. The number of rotatable bonds is 4. The van der Waals surface area contributed by atoms with Crippen LogP contribution in [0.2, 0.25) is 5.02 Å². The largest absolute Gasteiger partial charge is 0.326 e. The molecule has 0 amide bonds. The summed E-state index contributed by atoms with van der Waals surface area (Å²) in [5.41, 5.74) is 13.0. The van der Waals surface area contributed by atoms with Gasteiger partial charge in [-0.1, -0.05) is 37.1 Å². The van der Waals surface area contributed by atoms with Crippen molar-refractivity contribution in [2.45, 2.75) is 31.8 Å². The number of nitrogens with two attached hydrogens (primary N) is 2. The highest BCUT2D eigenvalue weighted by Gasteiger charge is 2.13. The lowest BCUT2D eigenvalue weighted by Gasteiger charge is -2.19. The third-order valence-electron chi connectivity index (χ3n) is 2.34. The maximum absolute atomic E-state index is 6.01. The van der Waals surface area contributed by atoms with Gasteiger partial charge in [-0.3, -0.25) is 0 Å².